The number of amides is 5. The van der Waals surface area contributed by atoms with Gasteiger partial charge in [-0.15, -0.1) is 36.4 Å². The van der Waals surface area contributed by atoms with E-state index in [1.54, 1.807) is 12.2 Å². The smallest absolute Gasteiger partial charge is 0.315 e. The highest BCUT2D eigenvalue weighted by Gasteiger charge is 2.74. The maximum absolute atomic E-state index is 14.0. The minimum atomic E-state index is -1.20. The highest BCUT2D eigenvalue weighted by atomic mass is 35.5. The van der Waals surface area contributed by atoms with E-state index in [4.69, 9.17) is 23.2 Å². The first kappa shape index (κ1) is 33.9. The molecule has 4 N–H and O–H groups in total. The molecule has 0 aromatic heterocycles. The third kappa shape index (κ3) is 8.07. The number of urea groups is 1. The Kier molecular flexibility index (Phi) is 11.5. The van der Waals surface area contributed by atoms with Gasteiger partial charge in [0.2, 0.25) is 17.6 Å². The fraction of sp³-hybridized carbons (Fsp3) is 0.700. The molecule has 1 heterocycles. The monoisotopic (exact) mass is 625 g/mol. The van der Waals surface area contributed by atoms with Crippen molar-refractivity contribution < 1.29 is 24.0 Å². The van der Waals surface area contributed by atoms with Crippen molar-refractivity contribution >= 4 is 52.7 Å². The first-order valence-electron chi connectivity index (χ1n) is 14.8. The van der Waals surface area contributed by atoms with Crippen LogP contribution in [0.1, 0.15) is 72.1 Å². The number of hydrogen-bond acceptors (Lipinski definition) is 5. The van der Waals surface area contributed by atoms with Gasteiger partial charge >= 0.3 is 6.03 Å². The molecular weight excluding hydrogens is 581 g/mol. The van der Waals surface area contributed by atoms with Crippen LogP contribution in [0.5, 0.6) is 0 Å². The maximum atomic E-state index is 14.0. The molecule has 42 heavy (non-hydrogen) atoms. The van der Waals surface area contributed by atoms with Crippen LogP contribution in [-0.2, 0) is 19.2 Å². The zero-order valence-corrected chi connectivity index (χ0v) is 26.4. The molecule has 0 aromatic rings. The predicted octanol–water partition coefficient (Wildman–Crippen LogP) is 3.38. The second-order valence-corrected chi connectivity index (χ2v) is 14.1. The summed E-state index contributed by atoms with van der Waals surface area (Å²) >= 11 is 13.0. The van der Waals surface area contributed by atoms with E-state index >= 15 is 0 Å². The molecule has 3 fully saturated rings. The molecule has 1 aliphatic heterocycles. The van der Waals surface area contributed by atoms with Crippen LogP contribution < -0.4 is 21.3 Å². The molecule has 1 saturated heterocycles. The molecule has 3 aliphatic rings. The quantitative estimate of drug-likeness (QED) is 0.108. The van der Waals surface area contributed by atoms with Crippen molar-refractivity contribution in [1.29, 1.82) is 0 Å². The number of likely N-dealkylation sites (tertiary alicyclic amines) is 1. The molecule has 2 unspecified atom stereocenters. The molecule has 5 atom stereocenters. The van der Waals surface area contributed by atoms with Gasteiger partial charge in [-0.25, -0.2) is 4.79 Å². The van der Waals surface area contributed by atoms with E-state index in [1.165, 1.54) is 4.90 Å². The summed E-state index contributed by atoms with van der Waals surface area (Å²) in [6.07, 6.45) is 9.24. The van der Waals surface area contributed by atoms with Crippen molar-refractivity contribution in [3.05, 3.63) is 25.3 Å². The zero-order chi connectivity index (χ0) is 31.2. The third-order valence-corrected chi connectivity index (χ3v) is 9.43. The molecule has 234 valence electrons. The average molecular weight is 627 g/mol. The number of carbonyl (C=O) groups excluding carboxylic acids is 5. The molecule has 0 spiro atoms. The number of nitrogens with one attached hydrogen (secondary N) is 4. The molecule has 12 heteroatoms. The van der Waals surface area contributed by atoms with Gasteiger partial charge in [-0.1, -0.05) is 52.2 Å². The molecule has 2 saturated carbocycles. The molecule has 3 rings (SSSR count). The van der Waals surface area contributed by atoms with Crippen molar-refractivity contribution in [3.63, 3.8) is 0 Å². The van der Waals surface area contributed by atoms with Crippen LogP contribution in [0.3, 0.4) is 0 Å². The lowest BCUT2D eigenvalue weighted by molar-refractivity contribution is -0.144. The molecule has 0 bridgehead atoms. The van der Waals surface area contributed by atoms with E-state index in [0.29, 0.717) is 12.8 Å². The van der Waals surface area contributed by atoms with Crippen molar-refractivity contribution in [3.8, 4) is 0 Å². The van der Waals surface area contributed by atoms with Crippen LogP contribution in [0.25, 0.3) is 0 Å². The molecule has 0 radical (unpaired) electrons. The Balaban J connectivity index is 1.78. The van der Waals surface area contributed by atoms with Crippen LogP contribution in [0, 0.1) is 17.3 Å². The van der Waals surface area contributed by atoms with Crippen molar-refractivity contribution in [2.75, 3.05) is 13.1 Å². The first-order chi connectivity index (χ1) is 19.7. The first-order valence-corrected chi connectivity index (χ1v) is 15.6. The minimum absolute atomic E-state index is 0.0551. The van der Waals surface area contributed by atoms with Crippen LogP contribution in [0.4, 0.5) is 4.79 Å². The van der Waals surface area contributed by atoms with Crippen molar-refractivity contribution in [2.45, 2.75) is 101 Å². The molecule has 5 amide bonds. The van der Waals surface area contributed by atoms with Gasteiger partial charge in [0.25, 0.3) is 5.91 Å². The van der Waals surface area contributed by atoms with Gasteiger partial charge in [-0.2, -0.15) is 0 Å². The lowest BCUT2D eigenvalue weighted by Gasteiger charge is -2.37. The Morgan fingerprint density at radius 2 is 1.64 bits per heavy atom. The van der Waals surface area contributed by atoms with Crippen LogP contribution in [0.2, 0.25) is 0 Å². The summed E-state index contributed by atoms with van der Waals surface area (Å²) in [4.78, 5) is 67.6. The van der Waals surface area contributed by atoms with E-state index in [0.717, 1.165) is 32.1 Å². The fourth-order valence-electron chi connectivity index (χ4n) is 5.90. The van der Waals surface area contributed by atoms with Crippen LogP contribution in [0.15, 0.2) is 25.3 Å². The van der Waals surface area contributed by atoms with E-state index in [1.807, 2.05) is 20.8 Å². The highest BCUT2D eigenvalue weighted by molar-refractivity contribution is 6.51. The minimum Gasteiger partial charge on any atom is -0.349 e. The SMILES string of the molecule is C=CCCNC(=O)C(=O)[C@H](CCC=C)NC(=O)C1[C@H]2[C@@H](CN1C(=O)C(NC(=O)NC1CCCCC1)C(C)(C)C)C2(Cl)Cl. The average Bonchev–Trinajstić information content (AvgIpc) is 3.24. The normalized spacial score (nSPS) is 24.4. The number of carbonyl (C=O) groups is 5. The van der Waals surface area contributed by atoms with Gasteiger partial charge in [0.1, 0.15) is 16.4 Å². The largest absolute Gasteiger partial charge is 0.349 e. The van der Waals surface area contributed by atoms with Gasteiger partial charge in [-0.3, -0.25) is 19.2 Å². The number of nitrogens with zero attached hydrogens (tertiary/aromatic N) is 1. The Labute approximate surface area is 258 Å². The van der Waals surface area contributed by atoms with Crippen molar-refractivity contribution in [1.82, 2.24) is 26.2 Å². The van der Waals surface area contributed by atoms with Gasteiger partial charge in [0, 0.05) is 31.0 Å². The number of Topliss-reactive ketones (excluding diaryl/α,β-unsaturated/α-hetero) is 1. The highest BCUT2D eigenvalue weighted by Crippen LogP contribution is 2.65. The van der Waals surface area contributed by atoms with Crippen LogP contribution in [-0.4, -0.2) is 76.0 Å². The standard InChI is InChI=1S/C30H45Cl2N5O5/c1-6-8-15-20(23(38)26(40)33-16-9-7-2)35-25(39)22-21-19(30(21,31)32)17-37(22)27(41)24(29(3,4)5)36-28(42)34-18-13-11-10-12-14-18/h6-7,18-22,24H,1-2,8-17H2,3-5H3,(H,33,40)(H,35,39)(H2,34,36,42)/t19-,20+,21-,22?,24?/m1/s1. The lowest BCUT2D eigenvalue weighted by atomic mass is 9.85. The van der Waals surface area contributed by atoms with Gasteiger partial charge in [-0.05, 0) is 37.5 Å². The Morgan fingerprint density at radius 3 is 2.24 bits per heavy atom. The summed E-state index contributed by atoms with van der Waals surface area (Å²) in [7, 11) is 0. The molecule has 0 aromatic carbocycles. The van der Waals surface area contributed by atoms with E-state index in [9.17, 15) is 24.0 Å². The third-order valence-electron chi connectivity index (χ3n) is 8.36. The summed E-state index contributed by atoms with van der Waals surface area (Å²) in [5.74, 6) is -3.58. The summed E-state index contributed by atoms with van der Waals surface area (Å²) in [5.41, 5.74) is -0.681. The fourth-order valence-corrected chi connectivity index (χ4v) is 6.72. The number of halogens is 2. The zero-order valence-electron chi connectivity index (χ0n) is 24.8. The van der Waals surface area contributed by atoms with Crippen molar-refractivity contribution in [2.24, 2.45) is 17.3 Å². The Hall–Kier alpha value is -2.59. The number of piperidine rings is 1. The summed E-state index contributed by atoms with van der Waals surface area (Å²) in [5, 5.41) is 11.1. The number of allylic oxidation sites excluding steroid dienone is 1. The summed E-state index contributed by atoms with van der Waals surface area (Å²) in [6, 6.07) is -3.52. The second-order valence-electron chi connectivity index (χ2n) is 12.6. The Bertz CT molecular complexity index is 1070. The Morgan fingerprint density at radius 1 is 1.00 bits per heavy atom. The number of rotatable bonds is 13. The molecule has 2 aliphatic carbocycles. The maximum Gasteiger partial charge on any atom is 0.315 e. The van der Waals surface area contributed by atoms with E-state index < -0.39 is 63.3 Å². The van der Waals surface area contributed by atoms with Gasteiger partial charge in [0.05, 0.1) is 6.04 Å². The summed E-state index contributed by atoms with van der Waals surface area (Å²) < 4.78 is -1.20. The number of ketones is 1. The van der Waals surface area contributed by atoms with E-state index in [2.05, 4.69) is 34.4 Å². The van der Waals surface area contributed by atoms with Crippen LogP contribution >= 0.6 is 23.2 Å². The summed E-state index contributed by atoms with van der Waals surface area (Å²) in [6.45, 7) is 13.1. The lowest BCUT2D eigenvalue weighted by Crippen LogP contribution is -2.62. The molecule has 10 nitrogen and oxygen atoms in total. The predicted molar refractivity (Wildman–Crippen MR) is 163 cm³/mol. The topological polar surface area (TPSA) is 137 Å². The number of hydrogen-bond donors (Lipinski definition) is 4. The number of alkyl halides is 2. The number of fused-ring (bicyclic) bond motifs is 1. The van der Waals surface area contributed by atoms with E-state index in [-0.39, 0.29) is 31.5 Å². The van der Waals surface area contributed by atoms with Gasteiger partial charge in [0.15, 0.2) is 0 Å². The molecular formula is C30H45Cl2N5O5. The second kappa shape index (κ2) is 14.3. The van der Waals surface area contributed by atoms with Gasteiger partial charge < -0.3 is 26.2 Å².